The molecule has 0 radical (unpaired) electrons. The molecule has 5 nitrogen and oxygen atoms in total. The first-order valence-electron chi connectivity index (χ1n) is 8.43. The van der Waals surface area contributed by atoms with Gasteiger partial charge in [-0.2, -0.15) is 0 Å². The highest BCUT2D eigenvalue weighted by Crippen LogP contribution is 2.45. The van der Waals surface area contributed by atoms with Gasteiger partial charge in [0.25, 0.3) is 0 Å². The van der Waals surface area contributed by atoms with Crippen LogP contribution >= 0.6 is 0 Å². The van der Waals surface area contributed by atoms with E-state index in [1.807, 2.05) is 36.1 Å². The lowest BCUT2D eigenvalue weighted by Gasteiger charge is -2.44. The van der Waals surface area contributed by atoms with E-state index in [1.165, 1.54) is 0 Å². The van der Waals surface area contributed by atoms with Crippen molar-refractivity contribution in [3.05, 3.63) is 29.8 Å². The molecule has 0 unspecified atom stereocenters. The molecule has 0 bridgehead atoms. The van der Waals surface area contributed by atoms with Crippen LogP contribution in [0.2, 0.25) is 0 Å². The Morgan fingerprint density at radius 1 is 1.17 bits per heavy atom. The van der Waals surface area contributed by atoms with Crippen LogP contribution in [0.4, 0.5) is 5.69 Å². The predicted octanol–water partition coefficient (Wildman–Crippen LogP) is 2.32. The van der Waals surface area contributed by atoms with Crippen molar-refractivity contribution in [1.29, 1.82) is 0 Å². The summed E-state index contributed by atoms with van der Waals surface area (Å²) in [5.74, 6) is 0.234. The quantitative estimate of drug-likeness (QED) is 0.927. The van der Waals surface area contributed by atoms with Crippen molar-refractivity contribution >= 4 is 17.5 Å². The van der Waals surface area contributed by atoms with E-state index in [-0.39, 0.29) is 17.2 Å². The van der Waals surface area contributed by atoms with Crippen LogP contribution < -0.4 is 5.32 Å². The van der Waals surface area contributed by atoms with E-state index in [1.54, 1.807) is 0 Å². The number of anilines is 1. The third-order valence-corrected chi connectivity index (χ3v) is 4.96. The summed E-state index contributed by atoms with van der Waals surface area (Å²) in [5, 5.41) is 2.85. The average Bonchev–Trinajstić information content (AvgIpc) is 2.56. The zero-order valence-corrected chi connectivity index (χ0v) is 13.6. The fourth-order valence-corrected chi connectivity index (χ4v) is 3.35. The van der Waals surface area contributed by atoms with E-state index in [2.05, 4.69) is 5.32 Å². The van der Waals surface area contributed by atoms with E-state index < -0.39 is 0 Å². The number of nitrogens with one attached hydrogen (secondary N) is 1. The Kier molecular flexibility index (Phi) is 4.66. The third kappa shape index (κ3) is 3.11. The van der Waals surface area contributed by atoms with Gasteiger partial charge in [0.05, 0.1) is 18.6 Å². The molecule has 5 heteroatoms. The van der Waals surface area contributed by atoms with Crippen LogP contribution in [0, 0.1) is 0 Å². The molecule has 1 N–H and O–H groups in total. The Labute approximate surface area is 137 Å². The van der Waals surface area contributed by atoms with E-state index in [4.69, 9.17) is 4.74 Å². The number of rotatable bonds is 4. The SMILES string of the molecule is CCC(=O)Nc1ccc(C2(C(=O)N3CCOCC3)CCC2)cc1. The number of carbonyl (C=O) groups is 2. The van der Waals surface area contributed by atoms with Gasteiger partial charge in [-0.15, -0.1) is 0 Å². The van der Waals surface area contributed by atoms with Crippen LogP contribution in [0.1, 0.15) is 38.2 Å². The van der Waals surface area contributed by atoms with E-state index in [0.29, 0.717) is 32.7 Å². The largest absolute Gasteiger partial charge is 0.378 e. The first-order valence-corrected chi connectivity index (χ1v) is 8.43. The van der Waals surface area contributed by atoms with Crippen molar-refractivity contribution in [3.8, 4) is 0 Å². The summed E-state index contributed by atoms with van der Waals surface area (Å²) in [5.41, 5.74) is 1.48. The molecule has 1 saturated carbocycles. The summed E-state index contributed by atoms with van der Waals surface area (Å²) in [4.78, 5) is 26.4. The van der Waals surface area contributed by atoms with Gasteiger partial charge in [0.1, 0.15) is 0 Å². The van der Waals surface area contributed by atoms with Gasteiger partial charge in [-0.25, -0.2) is 0 Å². The highest BCUT2D eigenvalue weighted by atomic mass is 16.5. The molecule has 0 atom stereocenters. The zero-order valence-electron chi connectivity index (χ0n) is 13.6. The normalized spacial score (nSPS) is 19.8. The molecular formula is C18H24N2O3. The van der Waals surface area contributed by atoms with Crippen molar-refractivity contribution in [1.82, 2.24) is 4.90 Å². The maximum absolute atomic E-state index is 13.0. The monoisotopic (exact) mass is 316 g/mol. The van der Waals surface area contributed by atoms with E-state index >= 15 is 0 Å². The summed E-state index contributed by atoms with van der Waals surface area (Å²) in [7, 11) is 0. The summed E-state index contributed by atoms with van der Waals surface area (Å²) >= 11 is 0. The van der Waals surface area contributed by atoms with Crippen LogP contribution in [0.3, 0.4) is 0 Å². The van der Waals surface area contributed by atoms with Gasteiger partial charge < -0.3 is 15.0 Å². The third-order valence-electron chi connectivity index (χ3n) is 4.96. The Morgan fingerprint density at radius 3 is 2.35 bits per heavy atom. The van der Waals surface area contributed by atoms with Gasteiger partial charge >= 0.3 is 0 Å². The van der Waals surface area contributed by atoms with Crippen molar-refractivity contribution in [2.24, 2.45) is 0 Å². The lowest BCUT2D eigenvalue weighted by atomic mass is 9.63. The first-order chi connectivity index (χ1) is 11.2. The lowest BCUT2D eigenvalue weighted by molar-refractivity contribution is -0.145. The molecule has 2 aliphatic rings. The minimum Gasteiger partial charge on any atom is -0.378 e. The summed E-state index contributed by atoms with van der Waals surface area (Å²) < 4.78 is 5.35. The zero-order chi connectivity index (χ0) is 16.3. The number of amides is 2. The number of hydrogen-bond acceptors (Lipinski definition) is 3. The van der Waals surface area contributed by atoms with E-state index in [0.717, 1.165) is 30.5 Å². The molecule has 1 heterocycles. The summed E-state index contributed by atoms with van der Waals surface area (Å²) in [6, 6.07) is 7.77. The molecule has 1 aliphatic carbocycles. The molecule has 2 fully saturated rings. The highest BCUT2D eigenvalue weighted by molar-refractivity contribution is 5.91. The molecule has 1 aliphatic heterocycles. The van der Waals surface area contributed by atoms with Crippen molar-refractivity contribution in [3.63, 3.8) is 0 Å². The van der Waals surface area contributed by atoms with Crippen LogP contribution in [0.25, 0.3) is 0 Å². The molecule has 2 amide bonds. The summed E-state index contributed by atoms with van der Waals surface area (Å²) in [6.07, 6.45) is 3.36. The molecule has 1 saturated heterocycles. The number of carbonyl (C=O) groups excluding carboxylic acids is 2. The Hall–Kier alpha value is -1.88. The van der Waals surface area contributed by atoms with E-state index in [9.17, 15) is 9.59 Å². The van der Waals surface area contributed by atoms with Crippen molar-refractivity contribution in [2.75, 3.05) is 31.6 Å². The molecule has 124 valence electrons. The fraction of sp³-hybridized carbons (Fsp3) is 0.556. The predicted molar refractivity (Wildman–Crippen MR) is 88.3 cm³/mol. The Morgan fingerprint density at radius 2 is 1.83 bits per heavy atom. The molecule has 3 rings (SSSR count). The lowest BCUT2D eigenvalue weighted by Crippen LogP contribution is -2.54. The molecule has 23 heavy (non-hydrogen) atoms. The Balaban J connectivity index is 1.77. The molecule has 1 aromatic carbocycles. The second-order valence-corrected chi connectivity index (χ2v) is 6.32. The summed E-state index contributed by atoms with van der Waals surface area (Å²) in [6.45, 7) is 4.46. The fourth-order valence-electron chi connectivity index (χ4n) is 3.35. The highest BCUT2D eigenvalue weighted by Gasteiger charge is 2.47. The standard InChI is InChI=1S/C18H24N2O3/c1-2-16(21)19-15-6-4-14(5-7-15)18(8-3-9-18)17(22)20-10-12-23-13-11-20/h4-7H,2-3,8-13H2,1H3,(H,19,21). The molecule has 1 aromatic rings. The topological polar surface area (TPSA) is 58.6 Å². The second kappa shape index (κ2) is 6.71. The number of morpholine rings is 1. The number of benzene rings is 1. The van der Waals surface area contributed by atoms with Crippen LogP contribution in [0.5, 0.6) is 0 Å². The van der Waals surface area contributed by atoms with Gasteiger partial charge in [0.15, 0.2) is 0 Å². The minimum atomic E-state index is -0.370. The average molecular weight is 316 g/mol. The number of hydrogen-bond donors (Lipinski definition) is 1. The van der Waals surface area contributed by atoms with Gasteiger partial charge in [0.2, 0.25) is 11.8 Å². The van der Waals surface area contributed by atoms with Crippen molar-refractivity contribution in [2.45, 2.75) is 38.0 Å². The maximum Gasteiger partial charge on any atom is 0.233 e. The van der Waals surface area contributed by atoms with Crippen molar-refractivity contribution < 1.29 is 14.3 Å². The van der Waals surface area contributed by atoms with Gasteiger partial charge in [-0.1, -0.05) is 25.5 Å². The number of nitrogens with zero attached hydrogens (tertiary/aromatic N) is 1. The molecule has 0 aromatic heterocycles. The van der Waals surface area contributed by atoms with Gasteiger partial charge in [-0.05, 0) is 30.5 Å². The minimum absolute atomic E-state index is 0.000463. The van der Waals surface area contributed by atoms with Crippen LogP contribution in [-0.4, -0.2) is 43.0 Å². The molecule has 0 spiro atoms. The smallest absolute Gasteiger partial charge is 0.233 e. The number of ether oxygens (including phenoxy) is 1. The van der Waals surface area contributed by atoms with Crippen LogP contribution in [0.15, 0.2) is 24.3 Å². The molecular weight excluding hydrogens is 292 g/mol. The van der Waals surface area contributed by atoms with Gasteiger partial charge in [0, 0.05) is 25.2 Å². The maximum atomic E-state index is 13.0. The van der Waals surface area contributed by atoms with Gasteiger partial charge in [-0.3, -0.25) is 9.59 Å². The van der Waals surface area contributed by atoms with Crippen LogP contribution in [-0.2, 0) is 19.7 Å². The second-order valence-electron chi connectivity index (χ2n) is 6.32. The first kappa shape index (κ1) is 16.0. The Bertz CT molecular complexity index is 572.